The van der Waals surface area contributed by atoms with Gasteiger partial charge in [0.2, 0.25) is 0 Å². The summed E-state index contributed by atoms with van der Waals surface area (Å²) in [5.74, 6) is 0.167. The van der Waals surface area contributed by atoms with E-state index in [1.54, 1.807) is 73.7 Å². The van der Waals surface area contributed by atoms with E-state index in [9.17, 15) is 9.59 Å². The van der Waals surface area contributed by atoms with Gasteiger partial charge in [-0.05, 0) is 54.1 Å². The summed E-state index contributed by atoms with van der Waals surface area (Å²) in [5.41, 5.74) is 2.27. The fraction of sp³-hybridized carbons (Fsp3) is 0.130. The van der Waals surface area contributed by atoms with Crippen molar-refractivity contribution >= 4 is 29.1 Å². The minimum Gasteiger partial charge on any atom is -0.497 e. The number of methoxy groups -OCH3 is 1. The fourth-order valence-corrected chi connectivity index (χ4v) is 3.11. The maximum Gasteiger partial charge on any atom is 0.256 e. The summed E-state index contributed by atoms with van der Waals surface area (Å²) in [5, 5.41) is 3.45. The molecule has 0 radical (unpaired) electrons. The molecule has 6 heteroatoms. The summed E-state index contributed by atoms with van der Waals surface area (Å²) in [6.07, 6.45) is 0. The van der Waals surface area contributed by atoms with Crippen molar-refractivity contribution in [3.05, 3.63) is 94.5 Å². The molecule has 148 valence electrons. The highest BCUT2D eigenvalue weighted by Crippen LogP contribution is 2.20. The van der Waals surface area contributed by atoms with Crippen LogP contribution in [0.4, 0.5) is 5.69 Å². The van der Waals surface area contributed by atoms with E-state index in [1.165, 1.54) is 0 Å². The van der Waals surface area contributed by atoms with Crippen LogP contribution >= 0.6 is 11.6 Å². The molecule has 0 aromatic heterocycles. The van der Waals surface area contributed by atoms with E-state index in [1.807, 2.05) is 18.2 Å². The topological polar surface area (TPSA) is 58.6 Å². The number of anilines is 1. The predicted octanol–water partition coefficient (Wildman–Crippen LogP) is 4.87. The molecule has 5 nitrogen and oxygen atoms in total. The van der Waals surface area contributed by atoms with Gasteiger partial charge < -0.3 is 15.0 Å². The molecule has 0 fully saturated rings. The Hall–Kier alpha value is -3.31. The number of ether oxygens (including phenoxy) is 1. The zero-order valence-electron chi connectivity index (χ0n) is 16.2. The number of benzene rings is 3. The quantitative estimate of drug-likeness (QED) is 0.632. The summed E-state index contributed by atoms with van der Waals surface area (Å²) in [6, 6.07) is 21.1. The molecule has 0 aliphatic heterocycles. The number of hydrogen-bond donors (Lipinski definition) is 1. The van der Waals surface area contributed by atoms with Gasteiger partial charge in [-0.25, -0.2) is 0 Å². The van der Waals surface area contributed by atoms with Gasteiger partial charge >= 0.3 is 0 Å². The second-order valence-corrected chi connectivity index (χ2v) is 6.96. The molecule has 0 spiro atoms. The van der Waals surface area contributed by atoms with Gasteiger partial charge in [0, 0.05) is 24.2 Å². The fourth-order valence-electron chi connectivity index (χ4n) is 2.90. The van der Waals surface area contributed by atoms with E-state index >= 15 is 0 Å². The zero-order chi connectivity index (χ0) is 20.8. The van der Waals surface area contributed by atoms with Gasteiger partial charge in [0.25, 0.3) is 11.8 Å². The van der Waals surface area contributed by atoms with Gasteiger partial charge in [-0.1, -0.05) is 35.9 Å². The number of para-hydroxylation sites is 1. The molecular weight excluding hydrogens is 388 g/mol. The van der Waals surface area contributed by atoms with Crippen LogP contribution in [-0.2, 0) is 6.54 Å². The first-order chi connectivity index (χ1) is 14.0. The number of amides is 2. The van der Waals surface area contributed by atoms with Crippen LogP contribution in [0.5, 0.6) is 5.75 Å². The Labute approximate surface area is 174 Å². The molecule has 2 amide bonds. The lowest BCUT2D eigenvalue weighted by Gasteiger charge is -2.19. The highest BCUT2D eigenvalue weighted by molar-refractivity contribution is 6.30. The Morgan fingerprint density at radius 3 is 2.41 bits per heavy atom. The smallest absolute Gasteiger partial charge is 0.256 e. The number of carbonyl (C=O) groups is 2. The molecule has 0 bridgehead atoms. The molecular formula is C23H21ClN2O3. The van der Waals surface area contributed by atoms with Crippen molar-refractivity contribution in [1.29, 1.82) is 0 Å². The summed E-state index contributed by atoms with van der Waals surface area (Å²) in [4.78, 5) is 27.2. The Balaban J connectivity index is 1.76. The van der Waals surface area contributed by atoms with Crippen LogP contribution < -0.4 is 10.1 Å². The van der Waals surface area contributed by atoms with Gasteiger partial charge in [0.1, 0.15) is 5.75 Å². The van der Waals surface area contributed by atoms with Gasteiger partial charge in [-0.3, -0.25) is 9.59 Å². The molecule has 0 saturated heterocycles. The zero-order valence-corrected chi connectivity index (χ0v) is 16.9. The Bertz CT molecular complexity index is 1020. The first-order valence-corrected chi connectivity index (χ1v) is 9.40. The molecule has 3 rings (SSSR count). The summed E-state index contributed by atoms with van der Waals surface area (Å²) < 4.78 is 5.11. The van der Waals surface area contributed by atoms with Crippen molar-refractivity contribution in [1.82, 2.24) is 4.90 Å². The Morgan fingerprint density at radius 2 is 1.72 bits per heavy atom. The number of nitrogens with one attached hydrogen (secondary N) is 1. The third kappa shape index (κ3) is 5.15. The number of halogens is 1. The highest BCUT2D eigenvalue weighted by Gasteiger charge is 2.18. The van der Waals surface area contributed by atoms with E-state index in [4.69, 9.17) is 16.3 Å². The number of nitrogens with zero attached hydrogens (tertiary/aromatic N) is 1. The largest absolute Gasteiger partial charge is 0.497 e. The van der Waals surface area contributed by atoms with Gasteiger partial charge in [0.15, 0.2) is 0 Å². The SMILES string of the molecule is COc1ccc(C(=O)Nc2ccccc2C(=O)N(C)Cc2cccc(Cl)c2)cc1. The Kier molecular flexibility index (Phi) is 6.52. The third-order valence-corrected chi connectivity index (χ3v) is 4.65. The minimum atomic E-state index is -0.301. The minimum absolute atomic E-state index is 0.199. The van der Waals surface area contributed by atoms with Crippen molar-refractivity contribution in [2.24, 2.45) is 0 Å². The molecule has 3 aromatic carbocycles. The molecule has 3 aromatic rings. The van der Waals surface area contributed by atoms with Crippen LogP contribution in [0.25, 0.3) is 0 Å². The van der Waals surface area contributed by atoms with Crippen molar-refractivity contribution in [2.75, 3.05) is 19.5 Å². The monoisotopic (exact) mass is 408 g/mol. The molecule has 0 saturated carbocycles. The molecule has 0 aliphatic carbocycles. The lowest BCUT2D eigenvalue weighted by Crippen LogP contribution is -2.27. The number of carbonyl (C=O) groups excluding carboxylic acids is 2. The first-order valence-electron chi connectivity index (χ1n) is 9.02. The van der Waals surface area contributed by atoms with Gasteiger partial charge in [-0.15, -0.1) is 0 Å². The maximum atomic E-state index is 13.0. The second kappa shape index (κ2) is 9.26. The molecule has 29 heavy (non-hydrogen) atoms. The lowest BCUT2D eigenvalue weighted by molar-refractivity contribution is 0.0786. The van der Waals surface area contributed by atoms with Gasteiger partial charge in [-0.2, -0.15) is 0 Å². The van der Waals surface area contributed by atoms with Crippen LogP contribution in [0, 0.1) is 0 Å². The van der Waals surface area contributed by atoms with E-state index < -0.39 is 0 Å². The standard InChI is InChI=1S/C23H21ClN2O3/c1-26(15-16-6-5-7-18(24)14-16)23(28)20-8-3-4-9-21(20)25-22(27)17-10-12-19(29-2)13-11-17/h3-14H,15H2,1-2H3,(H,25,27). The van der Waals surface area contributed by atoms with Gasteiger partial charge in [0.05, 0.1) is 18.4 Å². The molecule has 0 aliphatic rings. The van der Waals surface area contributed by atoms with Crippen LogP contribution in [-0.4, -0.2) is 30.9 Å². The van der Waals surface area contributed by atoms with E-state index in [0.29, 0.717) is 34.1 Å². The number of hydrogen-bond acceptors (Lipinski definition) is 3. The summed E-state index contributed by atoms with van der Waals surface area (Å²) in [7, 11) is 3.28. The second-order valence-electron chi connectivity index (χ2n) is 6.52. The average molecular weight is 409 g/mol. The van der Waals surface area contributed by atoms with Crippen LogP contribution in [0.3, 0.4) is 0 Å². The van der Waals surface area contributed by atoms with Crippen LogP contribution in [0.1, 0.15) is 26.3 Å². The number of rotatable bonds is 6. The molecule has 1 N–H and O–H groups in total. The van der Waals surface area contributed by atoms with Crippen molar-refractivity contribution in [2.45, 2.75) is 6.54 Å². The van der Waals surface area contributed by atoms with Crippen molar-refractivity contribution in [3.8, 4) is 5.75 Å². The van der Waals surface area contributed by atoms with E-state index in [-0.39, 0.29) is 11.8 Å². The summed E-state index contributed by atoms with van der Waals surface area (Å²) >= 11 is 6.03. The lowest BCUT2D eigenvalue weighted by atomic mass is 10.1. The first kappa shape index (κ1) is 20.4. The van der Waals surface area contributed by atoms with E-state index in [2.05, 4.69) is 5.32 Å². The third-order valence-electron chi connectivity index (χ3n) is 4.41. The predicted molar refractivity (Wildman–Crippen MR) is 115 cm³/mol. The molecule has 0 heterocycles. The highest BCUT2D eigenvalue weighted by atomic mass is 35.5. The van der Waals surface area contributed by atoms with Crippen LogP contribution in [0.2, 0.25) is 5.02 Å². The maximum absolute atomic E-state index is 13.0. The van der Waals surface area contributed by atoms with Crippen molar-refractivity contribution < 1.29 is 14.3 Å². The van der Waals surface area contributed by atoms with E-state index in [0.717, 1.165) is 5.56 Å². The van der Waals surface area contributed by atoms with Crippen molar-refractivity contribution in [3.63, 3.8) is 0 Å². The normalized spacial score (nSPS) is 10.3. The molecule has 0 atom stereocenters. The van der Waals surface area contributed by atoms with Crippen LogP contribution in [0.15, 0.2) is 72.8 Å². The molecule has 0 unspecified atom stereocenters. The average Bonchev–Trinajstić information content (AvgIpc) is 2.73. The summed E-state index contributed by atoms with van der Waals surface area (Å²) in [6.45, 7) is 0.403. The Morgan fingerprint density at radius 1 is 1.00 bits per heavy atom.